The number of aromatic nitrogens is 6. The van der Waals surface area contributed by atoms with Crippen LogP contribution in [0.3, 0.4) is 0 Å². The largest absolute Gasteiger partial charge is 0.341 e. The van der Waals surface area contributed by atoms with Crippen LogP contribution in [-0.2, 0) is 11.8 Å². The van der Waals surface area contributed by atoms with E-state index in [9.17, 15) is 9.59 Å². The molecule has 1 saturated heterocycles. The van der Waals surface area contributed by atoms with Crippen LogP contribution in [0, 0.1) is 12.3 Å². The van der Waals surface area contributed by atoms with E-state index in [1.165, 1.54) is 16.4 Å². The predicted octanol–water partition coefficient (Wildman–Crippen LogP) is 2.59. The highest BCUT2D eigenvalue weighted by molar-refractivity contribution is 8.00. The van der Waals surface area contributed by atoms with Crippen LogP contribution in [0.2, 0.25) is 0 Å². The fourth-order valence-electron chi connectivity index (χ4n) is 4.06. The number of rotatable bonds is 5. The highest BCUT2D eigenvalue weighted by atomic mass is 32.2. The van der Waals surface area contributed by atoms with Crippen molar-refractivity contribution in [2.75, 3.05) is 13.1 Å². The topological polar surface area (TPSA) is 90.8 Å². The number of carbonyl (C=O) groups excluding carboxylic acids is 1. The summed E-state index contributed by atoms with van der Waals surface area (Å²) in [5, 5.41) is 12.3. The number of likely N-dealkylation sites (tertiary alicyclic amines) is 1. The Morgan fingerprint density at radius 2 is 1.88 bits per heavy atom. The number of tetrazole rings is 1. The molecular formula is C22H29N7O2S. The molecule has 0 saturated carbocycles. The summed E-state index contributed by atoms with van der Waals surface area (Å²) in [5.74, 6) is 0.109. The molecule has 1 fully saturated rings. The maximum Gasteiger partial charge on any atom is 0.297 e. The highest BCUT2D eigenvalue weighted by Crippen LogP contribution is 2.31. The second-order valence-electron chi connectivity index (χ2n) is 9.35. The van der Waals surface area contributed by atoms with Crippen molar-refractivity contribution in [1.82, 2.24) is 34.5 Å². The van der Waals surface area contributed by atoms with Gasteiger partial charge in [-0.15, -0.1) is 5.10 Å². The molecule has 1 amide bonds. The van der Waals surface area contributed by atoms with Crippen molar-refractivity contribution in [2.45, 2.75) is 50.9 Å². The van der Waals surface area contributed by atoms with Gasteiger partial charge < -0.3 is 4.90 Å². The van der Waals surface area contributed by atoms with Crippen LogP contribution in [0.1, 0.15) is 39.3 Å². The minimum Gasteiger partial charge on any atom is -0.341 e. The number of thioether (sulfide) groups is 1. The molecule has 4 rings (SSSR count). The summed E-state index contributed by atoms with van der Waals surface area (Å²) < 4.78 is 4.86. The predicted molar refractivity (Wildman–Crippen MR) is 123 cm³/mol. The van der Waals surface area contributed by atoms with Crippen LogP contribution in [-0.4, -0.2) is 58.7 Å². The molecule has 170 valence electrons. The standard InChI is InChI=1S/C22H29N7O2S/c1-15-18(20(31)29(26(15)5)16-10-7-6-8-11-16)28-21(23-24-25-28)32-17-12-9-13-27(19(17)30)14-22(2,3)4/h6-8,10-11,17H,9,12-14H2,1-5H3. The Labute approximate surface area is 191 Å². The molecule has 32 heavy (non-hydrogen) atoms. The fourth-order valence-corrected chi connectivity index (χ4v) is 5.16. The van der Waals surface area contributed by atoms with Gasteiger partial charge in [0.25, 0.3) is 5.56 Å². The minimum absolute atomic E-state index is 0.0352. The molecule has 0 bridgehead atoms. The molecule has 1 aliphatic heterocycles. The second kappa shape index (κ2) is 8.57. The van der Waals surface area contributed by atoms with Gasteiger partial charge in [-0.05, 0) is 47.7 Å². The van der Waals surface area contributed by atoms with Gasteiger partial charge >= 0.3 is 0 Å². The number of nitrogens with zero attached hydrogens (tertiary/aromatic N) is 7. The molecule has 10 heteroatoms. The van der Waals surface area contributed by atoms with E-state index in [1.54, 1.807) is 9.36 Å². The fraction of sp³-hybridized carbons (Fsp3) is 0.500. The number of piperidine rings is 1. The Morgan fingerprint density at radius 3 is 2.56 bits per heavy atom. The van der Waals surface area contributed by atoms with Gasteiger partial charge in [-0.3, -0.25) is 14.3 Å². The Hall–Kier alpha value is -2.88. The summed E-state index contributed by atoms with van der Waals surface area (Å²) in [5.41, 5.74) is 1.70. The number of hydrogen-bond donors (Lipinski definition) is 0. The Morgan fingerprint density at radius 1 is 1.16 bits per heavy atom. The van der Waals surface area contributed by atoms with Crippen LogP contribution in [0.25, 0.3) is 11.4 Å². The second-order valence-corrected chi connectivity index (χ2v) is 10.5. The first-order chi connectivity index (χ1) is 15.2. The SMILES string of the molecule is Cc1c(-n2nnnc2SC2CCCN(CC(C)(C)C)C2=O)c(=O)n(-c2ccccc2)n1C. The summed E-state index contributed by atoms with van der Waals surface area (Å²) in [6, 6.07) is 9.44. The summed E-state index contributed by atoms with van der Waals surface area (Å²) in [6.07, 6.45) is 1.70. The third-order valence-electron chi connectivity index (χ3n) is 5.57. The van der Waals surface area contributed by atoms with Gasteiger partial charge in [0.2, 0.25) is 11.1 Å². The molecular weight excluding hydrogens is 426 g/mol. The highest BCUT2D eigenvalue weighted by Gasteiger charge is 2.33. The van der Waals surface area contributed by atoms with Gasteiger partial charge in [-0.25, -0.2) is 4.68 Å². The van der Waals surface area contributed by atoms with Gasteiger partial charge in [0.15, 0.2) is 5.69 Å². The lowest BCUT2D eigenvalue weighted by Crippen LogP contribution is -2.46. The maximum absolute atomic E-state index is 13.4. The Balaban J connectivity index is 1.66. The van der Waals surface area contributed by atoms with Gasteiger partial charge in [0, 0.05) is 20.1 Å². The molecule has 2 aromatic heterocycles. The Kier molecular flexibility index (Phi) is 5.98. The van der Waals surface area contributed by atoms with Crippen LogP contribution in [0.15, 0.2) is 40.3 Å². The molecule has 0 radical (unpaired) electrons. The van der Waals surface area contributed by atoms with E-state index in [0.29, 0.717) is 17.4 Å². The lowest BCUT2D eigenvalue weighted by Gasteiger charge is -2.35. The molecule has 0 spiro atoms. The van der Waals surface area contributed by atoms with Gasteiger partial charge in [-0.1, -0.05) is 50.7 Å². The van der Waals surface area contributed by atoms with Crippen LogP contribution in [0.5, 0.6) is 0 Å². The zero-order valence-electron chi connectivity index (χ0n) is 19.1. The normalized spacial score (nSPS) is 17.2. The summed E-state index contributed by atoms with van der Waals surface area (Å²) >= 11 is 1.34. The molecule has 1 aliphatic rings. The van der Waals surface area contributed by atoms with E-state index in [-0.39, 0.29) is 22.1 Å². The van der Waals surface area contributed by atoms with Crippen LogP contribution in [0.4, 0.5) is 0 Å². The summed E-state index contributed by atoms with van der Waals surface area (Å²) in [4.78, 5) is 28.4. The first-order valence-corrected chi connectivity index (χ1v) is 11.6. The summed E-state index contributed by atoms with van der Waals surface area (Å²) in [6.45, 7) is 9.75. The van der Waals surface area contributed by atoms with E-state index in [1.807, 2.05) is 49.2 Å². The van der Waals surface area contributed by atoms with Crippen molar-refractivity contribution in [1.29, 1.82) is 0 Å². The van der Waals surface area contributed by atoms with E-state index in [0.717, 1.165) is 30.8 Å². The Bertz CT molecular complexity index is 1170. The molecule has 1 aromatic carbocycles. The number of benzene rings is 1. The van der Waals surface area contributed by atoms with E-state index < -0.39 is 0 Å². The van der Waals surface area contributed by atoms with E-state index in [4.69, 9.17) is 0 Å². The quantitative estimate of drug-likeness (QED) is 0.587. The number of hydrogen-bond acceptors (Lipinski definition) is 6. The molecule has 3 aromatic rings. The molecule has 1 unspecified atom stereocenters. The van der Waals surface area contributed by atoms with Crippen molar-refractivity contribution in [3.05, 3.63) is 46.4 Å². The summed E-state index contributed by atoms with van der Waals surface area (Å²) in [7, 11) is 1.83. The third kappa shape index (κ3) is 4.23. The van der Waals surface area contributed by atoms with Crippen LogP contribution < -0.4 is 5.56 Å². The lowest BCUT2D eigenvalue weighted by molar-refractivity contribution is -0.133. The van der Waals surface area contributed by atoms with Crippen molar-refractivity contribution >= 4 is 17.7 Å². The smallest absolute Gasteiger partial charge is 0.297 e. The van der Waals surface area contributed by atoms with Crippen molar-refractivity contribution in [2.24, 2.45) is 12.5 Å². The van der Waals surface area contributed by atoms with Crippen molar-refractivity contribution in [3.63, 3.8) is 0 Å². The minimum atomic E-state index is -0.267. The third-order valence-corrected chi connectivity index (χ3v) is 6.76. The van der Waals surface area contributed by atoms with Crippen molar-refractivity contribution < 1.29 is 4.79 Å². The zero-order chi connectivity index (χ0) is 23.0. The van der Waals surface area contributed by atoms with Gasteiger partial charge in [0.1, 0.15) is 0 Å². The van der Waals surface area contributed by atoms with Gasteiger partial charge in [0.05, 0.1) is 16.6 Å². The first kappa shape index (κ1) is 22.3. The molecule has 0 N–H and O–H groups in total. The van der Waals surface area contributed by atoms with E-state index in [2.05, 4.69) is 36.3 Å². The number of carbonyl (C=O) groups is 1. The zero-order valence-corrected chi connectivity index (χ0v) is 20.0. The number of para-hydroxylation sites is 1. The number of amides is 1. The van der Waals surface area contributed by atoms with Crippen LogP contribution >= 0.6 is 11.8 Å². The molecule has 0 aliphatic carbocycles. The lowest BCUT2D eigenvalue weighted by atomic mass is 9.94. The first-order valence-electron chi connectivity index (χ1n) is 10.8. The average molecular weight is 456 g/mol. The van der Waals surface area contributed by atoms with Gasteiger partial charge in [-0.2, -0.15) is 4.68 Å². The monoisotopic (exact) mass is 455 g/mol. The van der Waals surface area contributed by atoms with E-state index >= 15 is 0 Å². The van der Waals surface area contributed by atoms with Crippen molar-refractivity contribution in [3.8, 4) is 11.4 Å². The molecule has 3 heterocycles. The molecule has 9 nitrogen and oxygen atoms in total. The maximum atomic E-state index is 13.4. The molecule has 1 atom stereocenters. The average Bonchev–Trinajstić information content (AvgIpc) is 3.26.